The third kappa shape index (κ3) is 4.75. The van der Waals surface area contributed by atoms with Gasteiger partial charge in [-0.2, -0.15) is 0 Å². The van der Waals surface area contributed by atoms with Crippen LogP contribution in [0.25, 0.3) is 0 Å². The van der Waals surface area contributed by atoms with E-state index in [0.717, 1.165) is 23.5 Å². The van der Waals surface area contributed by atoms with Gasteiger partial charge in [-0.1, -0.05) is 92.5 Å². The normalized spacial score (nSPS) is 13.9. The predicted molar refractivity (Wildman–Crippen MR) is 94.9 cm³/mol. The van der Waals surface area contributed by atoms with Crippen molar-refractivity contribution in [3.63, 3.8) is 0 Å². The molecule has 106 valence electrons. The van der Waals surface area contributed by atoms with Crippen molar-refractivity contribution in [2.24, 2.45) is 11.8 Å². The zero-order chi connectivity index (χ0) is 14.2. The second kappa shape index (κ2) is 8.63. The molecule has 0 aliphatic carbocycles. The molecule has 0 amide bonds. The molecule has 0 heterocycles. The maximum atomic E-state index is 3.71. The highest BCUT2D eigenvalue weighted by molar-refractivity contribution is 9.09. The van der Waals surface area contributed by atoms with E-state index in [2.05, 4.69) is 92.5 Å². The highest BCUT2D eigenvalue weighted by Gasteiger charge is 2.20. The Kier molecular flexibility index (Phi) is 6.81. The highest BCUT2D eigenvalue weighted by atomic mass is 79.9. The lowest BCUT2D eigenvalue weighted by Crippen LogP contribution is -2.22. The van der Waals surface area contributed by atoms with Crippen molar-refractivity contribution < 1.29 is 0 Å². The van der Waals surface area contributed by atoms with Crippen molar-refractivity contribution in [1.29, 1.82) is 0 Å². The lowest BCUT2D eigenvalue weighted by atomic mass is 9.85. The Bertz CT molecular complexity index is 434. The van der Waals surface area contributed by atoms with Crippen LogP contribution in [0.15, 0.2) is 60.7 Å². The molecule has 0 aliphatic rings. The van der Waals surface area contributed by atoms with E-state index in [1.807, 2.05) is 0 Å². The van der Waals surface area contributed by atoms with Crippen LogP contribution in [0.4, 0.5) is 0 Å². The fourth-order valence-electron chi connectivity index (χ4n) is 2.53. The van der Waals surface area contributed by atoms with Gasteiger partial charge in [0.2, 0.25) is 0 Å². The number of benzene rings is 2. The first kappa shape index (κ1) is 15.8. The van der Waals surface area contributed by atoms with Gasteiger partial charge in [0.1, 0.15) is 0 Å². The van der Waals surface area contributed by atoms with Gasteiger partial charge in [-0.15, -0.1) is 0 Å². The van der Waals surface area contributed by atoms with Crippen molar-refractivity contribution in [2.75, 3.05) is 10.7 Å². The molecule has 2 aromatic carbocycles. The van der Waals surface area contributed by atoms with Gasteiger partial charge in [0.05, 0.1) is 0 Å². The third-order valence-electron chi connectivity index (χ3n) is 3.74. The Balaban J connectivity index is 2.04. The fraction of sp³-hybridized carbons (Fsp3) is 0.333. The molecule has 0 radical (unpaired) electrons. The quantitative estimate of drug-likeness (QED) is 0.543. The minimum atomic E-state index is 0.650. The number of halogens is 2. The van der Waals surface area contributed by atoms with Gasteiger partial charge in [0, 0.05) is 10.7 Å². The van der Waals surface area contributed by atoms with Crippen LogP contribution in [-0.4, -0.2) is 10.7 Å². The maximum absolute atomic E-state index is 3.71. The lowest BCUT2D eigenvalue weighted by Gasteiger charge is -2.24. The third-order valence-corrected chi connectivity index (χ3v) is 5.41. The number of hydrogen-bond acceptors (Lipinski definition) is 0. The first-order valence-electron chi connectivity index (χ1n) is 7.03. The smallest absolute Gasteiger partial charge is 0.00659 e. The molecule has 2 aromatic rings. The zero-order valence-electron chi connectivity index (χ0n) is 11.5. The molecule has 0 saturated heterocycles. The summed E-state index contributed by atoms with van der Waals surface area (Å²) in [4.78, 5) is 0. The van der Waals surface area contributed by atoms with E-state index < -0.39 is 0 Å². The van der Waals surface area contributed by atoms with Crippen LogP contribution in [-0.2, 0) is 12.8 Å². The molecule has 0 nitrogen and oxygen atoms in total. The van der Waals surface area contributed by atoms with Crippen molar-refractivity contribution in [2.45, 2.75) is 12.8 Å². The Morgan fingerprint density at radius 2 is 0.950 bits per heavy atom. The van der Waals surface area contributed by atoms with Gasteiger partial charge < -0.3 is 0 Å². The van der Waals surface area contributed by atoms with Crippen LogP contribution in [0.3, 0.4) is 0 Å². The summed E-state index contributed by atoms with van der Waals surface area (Å²) >= 11 is 7.41. The summed E-state index contributed by atoms with van der Waals surface area (Å²) in [7, 11) is 0. The van der Waals surface area contributed by atoms with Crippen LogP contribution in [0.1, 0.15) is 11.1 Å². The van der Waals surface area contributed by atoms with Crippen LogP contribution in [0.2, 0.25) is 0 Å². The molecule has 2 atom stereocenters. The van der Waals surface area contributed by atoms with Crippen molar-refractivity contribution >= 4 is 31.9 Å². The van der Waals surface area contributed by atoms with Gasteiger partial charge in [0.25, 0.3) is 0 Å². The van der Waals surface area contributed by atoms with Crippen LogP contribution >= 0.6 is 31.9 Å². The molecular formula is C18H20Br2. The van der Waals surface area contributed by atoms with E-state index in [-0.39, 0.29) is 0 Å². The van der Waals surface area contributed by atoms with Gasteiger partial charge in [-0.3, -0.25) is 0 Å². The highest BCUT2D eigenvalue weighted by Crippen LogP contribution is 2.25. The van der Waals surface area contributed by atoms with Gasteiger partial charge in [-0.05, 0) is 35.8 Å². The molecule has 0 aromatic heterocycles. The second-order valence-electron chi connectivity index (χ2n) is 5.21. The molecule has 0 spiro atoms. The average molecular weight is 396 g/mol. The van der Waals surface area contributed by atoms with E-state index in [1.54, 1.807) is 0 Å². The standard InChI is InChI=1S/C18H20Br2/c19-13-17(11-15-7-3-1-4-8-15)18(14-20)12-16-9-5-2-6-10-16/h1-10,17-18H,11-14H2. The monoisotopic (exact) mass is 394 g/mol. The SMILES string of the molecule is BrCC(Cc1ccccc1)C(CBr)Cc1ccccc1. The first-order valence-corrected chi connectivity index (χ1v) is 9.27. The number of rotatable bonds is 7. The van der Waals surface area contributed by atoms with E-state index in [0.29, 0.717) is 11.8 Å². The van der Waals surface area contributed by atoms with E-state index in [4.69, 9.17) is 0 Å². The Labute approximate surface area is 138 Å². The molecule has 0 bridgehead atoms. The van der Waals surface area contributed by atoms with E-state index in [1.165, 1.54) is 11.1 Å². The molecule has 0 N–H and O–H groups in total. The van der Waals surface area contributed by atoms with Gasteiger partial charge in [-0.25, -0.2) is 0 Å². The van der Waals surface area contributed by atoms with Gasteiger partial charge >= 0.3 is 0 Å². The molecule has 20 heavy (non-hydrogen) atoms. The summed E-state index contributed by atoms with van der Waals surface area (Å²) in [6, 6.07) is 21.6. The summed E-state index contributed by atoms with van der Waals surface area (Å²) in [5.41, 5.74) is 2.85. The molecule has 0 saturated carbocycles. The summed E-state index contributed by atoms with van der Waals surface area (Å²) in [5.74, 6) is 1.30. The zero-order valence-corrected chi connectivity index (χ0v) is 14.7. The molecule has 2 rings (SSSR count). The molecular weight excluding hydrogens is 376 g/mol. The van der Waals surface area contributed by atoms with Crippen LogP contribution < -0.4 is 0 Å². The predicted octanol–water partition coefficient (Wildman–Crippen LogP) is 5.49. The lowest BCUT2D eigenvalue weighted by molar-refractivity contribution is 0.401. The van der Waals surface area contributed by atoms with Crippen LogP contribution in [0.5, 0.6) is 0 Å². The van der Waals surface area contributed by atoms with Crippen molar-refractivity contribution in [3.05, 3.63) is 71.8 Å². The number of hydrogen-bond donors (Lipinski definition) is 0. The van der Waals surface area contributed by atoms with Crippen LogP contribution in [0, 0.1) is 11.8 Å². The van der Waals surface area contributed by atoms with Crippen molar-refractivity contribution in [3.8, 4) is 0 Å². The largest absolute Gasteiger partial charge is 0.0925 e. The van der Waals surface area contributed by atoms with E-state index in [9.17, 15) is 0 Å². The Morgan fingerprint density at radius 1 is 0.600 bits per heavy atom. The average Bonchev–Trinajstić information content (AvgIpc) is 2.52. The number of alkyl halides is 2. The minimum absolute atomic E-state index is 0.650. The first-order chi connectivity index (χ1) is 9.83. The summed E-state index contributed by atoms with van der Waals surface area (Å²) < 4.78 is 0. The second-order valence-corrected chi connectivity index (χ2v) is 6.50. The minimum Gasteiger partial charge on any atom is -0.0925 e. The molecule has 0 aliphatic heterocycles. The Hall–Kier alpha value is -0.600. The maximum Gasteiger partial charge on any atom is 0.00659 e. The fourth-order valence-corrected chi connectivity index (χ4v) is 4.04. The topological polar surface area (TPSA) is 0 Å². The molecule has 2 heteroatoms. The summed E-state index contributed by atoms with van der Waals surface area (Å²) in [6.45, 7) is 0. The summed E-state index contributed by atoms with van der Waals surface area (Å²) in [6.07, 6.45) is 2.27. The molecule has 2 unspecified atom stereocenters. The van der Waals surface area contributed by atoms with Gasteiger partial charge in [0.15, 0.2) is 0 Å². The molecule has 0 fully saturated rings. The Morgan fingerprint density at radius 3 is 1.25 bits per heavy atom. The summed E-state index contributed by atoms with van der Waals surface area (Å²) in [5, 5.41) is 2.09. The van der Waals surface area contributed by atoms with Crippen molar-refractivity contribution in [1.82, 2.24) is 0 Å². The van der Waals surface area contributed by atoms with E-state index >= 15 is 0 Å².